The maximum absolute atomic E-state index is 13.8. The molecule has 36 heavy (non-hydrogen) atoms. The third-order valence-electron chi connectivity index (χ3n) is 5.71. The molecule has 10 heteroatoms. The van der Waals surface area contributed by atoms with Crippen LogP contribution >= 0.6 is 11.6 Å². The number of hydrogen-bond acceptors (Lipinski definition) is 4. The van der Waals surface area contributed by atoms with Gasteiger partial charge in [0.2, 0.25) is 0 Å². The van der Waals surface area contributed by atoms with E-state index in [-0.39, 0.29) is 28.1 Å². The lowest BCUT2D eigenvalue weighted by Gasteiger charge is -2.19. The largest absolute Gasteiger partial charge is 0.355 e. The van der Waals surface area contributed by atoms with E-state index >= 15 is 0 Å². The summed E-state index contributed by atoms with van der Waals surface area (Å²) < 4.78 is 30.5. The molecule has 3 aromatic carbocycles. The zero-order valence-electron chi connectivity index (χ0n) is 18.7. The first kappa shape index (κ1) is 23.3. The second-order valence-electron chi connectivity index (χ2n) is 8.00. The number of hydrogen-bond donors (Lipinski definition) is 1. The topological polar surface area (TPSA) is 78.0 Å². The van der Waals surface area contributed by atoms with Crippen molar-refractivity contribution in [3.63, 3.8) is 0 Å². The van der Waals surface area contributed by atoms with E-state index in [1.54, 1.807) is 24.3 Å². The van der Waals surface area contributed by atoms with Crippen LogP contribution in [0.15, 0.2) is 93.2 Å². The molecule has 180 valence electrons. The molecule has 0 saturated carbocycles. The number of aryl methyl sites for hydroxylation is 1. The molecule has 0 bridgehead atoms. The Labute approximate surface area is 207 Å². The van der Waals surface area contributed by atoms with Crippen molar-refractivity contribution in [2.24, 2.45) is 7.05 Å². The highest BCUT2D eigenvalue weighted by Crippen LogP contribution is 2.25. The van der Waals surface area contributed by atoms with Crippen LogP contribution in [0.2, 0.25) is 5.02 Å². The summed E-state index contributed by atoms with van der Waals surface area (Å²) in [6, 6.07) is 17.7. The summed E-state index contributed by atoms with van der Waals surface area (Å²) in [6.45, 7) is 0. The molecular weight excluding hydrogens is 490 g/mol. The number of nitrogens with zero attached hydrogens (tertiary/aromatic N) is 3. The Morgan fingerprint density at radius 2 is 1.28 bits per heavy atom. The van der Waals surface area contributed by atoms with Crippen molar-refractivity contribution in [3.8, 4) is 11.4 Å². The normalized spacial score (nSPS) is 11.1. The molecule has 0 aliphatic rings. The smallest absolute Gasteiger partial charge is 0.341 e. The van der Waals surface area contributed by atoms with Crippen molar-refractivity contribution in [3.05, 3.63) is 127 Å². The molecule has 5 aromatic rings. The molecule has 0 aliphatic carbocycles. The molecule has 5 rings (SSSR count). The third kappa shape index (κ3) is 3.99. The van der Waals surface area contributed by atoms with E-state index in [1.165, 1.54) is 41.9 Å². The van der Waals surface area contributed by atoms with E-state index in [4.69, 9.17) is 11.6 Å². The molecular formula is C26H17ClF2N4O3. The number of fused-ring (bicyclic) bond motifs is 1. The van der Waals surface area contributed by atoms with Crippen molar-refractivity contribution in [1.82, 2.24) is 13.7 Å². The Morgan fingerprint density at radius 1 is 0.750 bits per heavy atom. The molecule has 0 radical (unpaired) electrons. The van der Waals surface area contributed by atoms with Crippen molar-refractivity contribution in [2.75, 3.05) is 5.32 Å². The maximum Gasteiger partial charge on any atom is 0.341 e. The van der Waals surface area contributed by atoms with Crippen LogP contribution in [0.3, 0.4) is 0 Å². The minimum absolute atomic E-state index is 0.000988. The van der Waals surface area contributed by atoms with Crippen LogP contribution in [0.4, 0.5) is 20.2 Å². The van der Waals surface area contributed by atoms with Crippen LogP contribution in [-0.4, -0.2) is 13.7 Å². The fraction of sp³-hybridized carbons (Fsp3) is 0.0385. The number of pyridine rings is 1. The van der Waals surface area contributed by atoms with Gasteiger partial charge in [-0.15, -0.1) is 0 Å². The standard InChI is InChI=1S/C26H17ClF2N4O3/c1-31-22(34)14-21(30-18-8-2-15(27)3-9-18)23-24(31)32(19-10-4-16(28)5-11-19)26(36)33(25(23)35)20-12-6-17(29)7-13-20/h2-14,30H,1H3. The average Bonchev–Trinajstić information content (AvgIpc) is 2.85. The van der Waals surface area contributed by atoms with Gasteiger partial charge in [0.15, 0.2) is 0 Å². The highest BCUT2D eigenvalue weighted by atomic mass is 35.5. The van der Waals surface area contributed by atoms with Gasteiger partial charge in [0.1, 0.15) is 22.7 Å². The van der Waals surface area contributed by atoms with Gasteiger partial charge >= 0.3 is 5.69 Å². The van der Waals surface area contributed by atoms with E-state index in [9.17, 15) is 23.2 Å². The van der Waals surface area contributed by atoms with Gasteiger partial charge in [0, 0.05) is 23.8 Å². The van der Waals surface area contributed by atoms with Crippen LogP contribution in [0.1, 0.15) is 0 Å². The molecule has 0 aliphatic heterocycles. The minimum Gasteiger partial charge on any atom is -0.355 e. The van der Waals surface area contributed by atoms with Gasteiger partial charge < -0.3 is 5.32 Å². The molecule has 0 amide bonds. The van der Waals surface area contributed by atoms with Crippen LogP contribution in [0, 0.1) is 11.6 Å². The monoisotopic (exact) mass is 506 g/mol. The van der Waals surface area contributed by atoms with Crippen LogP contribution in [0.5, 0.6) is 0 Å². The lowest BCUT2D eigenvalue weighted by atomic mass is 10.2. The molecule has 2 aromatic heterocycles. The summed E-state index contributed by atoms with van der Waals surface area (Å²) in [7, 11) is 1.43. The van der Waals surface area contributed by atoms with E-state index in [2.05, 4.69) is 5.32 Å². The molecule has 0 unspecified atom stereocenters. The molecule has 0 saturated heterocycles. The number of halogens is 3. The highest BCUT2D eigenvalue weighted by Gasteiger charge is 2.22. The number of anilines is 2. The molecule has 0 fully saturated rings. The molecule has 1 N–H and O–H groups in total. The van der Waals surface area contributed by atoms with Crippen molar-refractivity contribution in [2.45, 2.75) is 0 Å². The second kappa shape index (κ2) is 8.94. The van der Waals surface area contributed by atoms with Gasteiger partial charge in [0.05, 0.1) is 17.1 Å². The summed E-state index contributed by atoms with van der Waals surface area (Å²) in [6.07, 6.45) is 0. The minimum atomic E-state index is -0.815. The van der Waals surface area contributed by atoms with Crippen molar-refractivity contribution in [1.29, 1.82) is 0 Å². The number of nitrogens with one attached hydrogen (secondary N) is 1. The molecule has 0 atom stereocenters. The maximum atomic E-state index is 13.8. The summed E-state index contributed by atoms with van der Waals surface area (Å²) in [5, 5.41) is 3.57. The highest BCUT2D eigenvalue weighted by molar-refractivity contribution is 6.30. The van der Waals surface area contributed by atoms with Crippen molar-refractivity contribution < 1.29 is 8.78 Å². The fourth-order valence-electron chi connectivity index (χ4n) is 3.97. The first-order chi connectivity index (χ1) is 17.2. The number of benzene rings is 3. The van der Waals surface area contributed by atoms with Gasteiger partial charge in [-0.2, -0.15) is 0 Å². The van der Waals surface area contributed by atoms with E-state index in [0.717, 1.165) is 33.4 Å². The number of aromatic nitrogens is 3. The first-order valence-electron chi connectivity index (χ1n) is 10.7. The Kier molecular flexibility index (Phi) is 5.77. The quantitative estimate of drug-likeness (QED) is 0.389. The SMILES string of the molecule is Cn1c(=O)cc(Nc2ccc(Cl)cc2)c2c(=O)n(-c3ccc(F)cc3)c(=O)n(-c3ccc(F)cc3)c21. The van der Waals surface area contributed by atoms with E-state index in [1.807, 2.05) is 0 Å². The predicted octanol–water partition coefficient (Wildman–Crippen LogP) is 4.52. The first-order valence-corrected chi connectivity index (χ1v) is 11.1. The summed E-state index contributed by atoms with van der Waals surface area (Å²) in [4.78, 5) is 40.5. The van der Waals surface area contributed by atoms with Crippen LogP contribution in [-0.2, 0) is 7.05 Å². The van der Waals surface area contributed by atoms with Gasteiger partial charge in [-0.1, -0.05) is 11.6 Å². The molecule has 7 nitrogen and oxygen atoms in total. The van der Waals surface area contributed by atoms with Gasteiger partial charge in [-0.25, -0.2) is 22.7 Å². The lowest BCUT2D eigenvalue weighted by Crippen LogP contribution is -2.40. The zero-order chi connectivity index (χ0) is 25.6. The van der Waals surface area contributed by atoms with Gasteiger partial charge in [-0.05, 0) is 72.8 Å². The lowest BCUT2D eigenvalue weighted by molar-refractivity contribution is 0.627. The Hall–Kier alpha value is -4.50. The van der Waals surface area contributed by atoms with Crippen molar-refractivity contribution >= 4 is 34.0 Å². The predicted molar refractivity (Wildman–Crippen MR) is 135 cm³/mol. The van der Waals surface area contributed by atoms with Crippen LogP contribution < -0.4 is 22.1 Å². The van der Waals surface area contributed by atoms with E-state index in [0.29, 0.717) is 10.7 Å². The van der Waals surface area contributed by atoms with Crippen LogP contribution in [0.25, 0.3) is 22.4 Å². The Morgan fingerprint density at radius 3 is 1.83 bits per heavy atom. The summed E-state index contributed by atoms with van der Waals surface area (Å²) in [5.41, 5.74) is -1.01. The molecule has 0 spiro atoms. The summed E-state index contributed by atoms with van der Waals surface area (Å²) >= 11 is 5.97. The van der Waals surface area contributed by atoms with E-state index < -0.39 is 28.4 Å². The van der Waals surface area contributed by atoms with Gasteiger partial charge in [-0.3, -0.25) is 14.2 Å². The summed E-state index contributed by atoms with van der Waals surface area (Å²) in [5.74, 6) is -1.07. The fourth-order valence-corrected chi connectivity index (χ4v) is 4.10. The second-order valence-corrected chi connectivity index (χ2v) is 8.43. The third-order valence-corrected chi connectivity index (χ3v) is 5.97. The Bertz CT molecular complexity index is 1790. The zero-order valence-corrected chi connectivity index (χ0v) is 19.5. The van der Waals surface area contributed by atoms with Gasteiger partial charge in [0.25, 0.3) is 11.1 Å². The number of rotatable bonds is 4. The molecule has 2 heterocycles. The average molecular weight is 507 g/mol. The Balaban J connectivity index is 1.94.